The van der Waals surface area contributed by atoms with Crippen LogP contribution in [-0.4, -0.2) is 103 Å². The van der Waals surface area contributed by atoms with Crippen molar-refractivity contribution in [2.24, 2.45) is 11.8 Å². The van der Waals surface area contributed by atoms with Gasteiger partial charge in [-0.3, -0.25) is 14.6 Å². The summed E-state index contributed by atoms with van der Waals surface area (Å²) in [6, 6.07) is 0.541. The van der Waals surface area contributed by atoms with E-state index in [4.69, 9.17) is 0 Å². The van der Waals surface area contributed by atoms with Crippen LogP contribution in [0.1, 0.15) is 40.0 Å². The second-order valence-electron chi connectivity index (χ2n) is 9.45. The van der Waals surface area contributed by atoms with Gasteiger partial charge in [0.05, 0.1) is 6.54 Å². The van der Waals surface area contributed by atoms with Crippen LogP contribution in [0, 0.1) is 11.8 Å². The molecule has 0 aromatic heterocycles. The van der Waals surface area contributed by atoms with Crippen molar-refractivity contribution >= 4 is 5.91 Å². The van der Waals surface area contributed by atoms with Crippen LogP contribution in [0.2, 0.25) is 0 Å². The summed E-state index contributed by atoms with van der Waals surface area (Å²) >= 11 is 0. The van der Waals surface area contributed by atoms with Crippen molar-refractivity contribution < 1.29 is 13.6 Å². The zero-order valence-electron chi connectivity index (χ0n) is 17.9. The third-order valence-corrected chi connectivity index (χ3v) is 6.76. The van der Waals surface area contributed by atoms with Crippen LogP contribution in [0.5, 0.6) is 0 Å². The zero-order chi connectivity index (χ0) is 20.3. The molecule has 1 unspecified atom stereocenters. The molecule has 1 atom stereocenters. The average molecular weight is 401 g/mol. The Morgan fingerprint density at radius 1 is 0.964 bits per heavy atom. The molecule has 0 aromatic rings. The molecule has 7 heteroatoms. The number of rotatable bonds is 5. The average Bonchev–Trinajstić information content (AvgIpc) is 2.64. The Labute approximate surface area is 169 Å². The molecule has 5 nitrogen and oxygen atoms in total. The molecule has 0 bridgehead atoms. The molecular weight excluding hydrogens is 362 g/mol. The van der Waals surface area contributed by atoms with Gasteiger partial charge in [0.2, 0.25) is 5.91 Å². The Hall–Kier alpha value is -0.790. The highest BCUT2D eigenvalue weighted by Crippen LogP contribution is 2.34. The molecule has 3 heterocycles. The van der Waals surface area contributed by atoms with Gasteiger partial charge in [0.15, 0.2) is 0 Å². The number of hydrogen-bond acceptors (Lipinski definition) is 4. The van der Waals surface area contributed by atoms with Crippen molar-refractivity contribution in [2.75, 3.05) is 65.4 Å². The summed E-state index contributed by atoms with van der Waals surface area (Å²) in [5.74, 6) is -2.49. The van der Waals surface area contributed by atoms with Crippen LogP contribution in [0.3, 0.4) is 0 Å². The lowest BCUT2D eigenvalue weighted by atomic mass is 9.90. The van der Waals surface area contributed by atoms with Gasteiger partial charge in [-0.2, -0.15) is 0 Å². The van der Waals surface area contributed by atoms with E-state index < -0.39 is 11.8 Å². The van der Waals surface area contributed by atoms with Crippen molar-refractivity contribution in [3.8, 4) is 0 Å². The first-order valence-electron chi connectivity index (χ1n) is 11.1. The number of carbonyl (C=O) groups excluding carboxylic acids is 1. The van der Waals surface area contributed by atoms with E-state index in [9.17, 15) is 13.6 Å². The van der Waals surface area contributed by atoms with Crippen molar-refractivity contribution in [2.45, 2.75) is 52.0 Å². The molecule has 28 heavy (non-hydrogen) atoms. The number of piperazine rings is 1. The first-order valence-corrected chi connectivity index (χ1v) is 11.1. The molecule has 0 radical (unpaired) electrons. The van der Waals surface area contributed by atoms with Crippen molar-refractivity contribution in [3.05, 3.63) is 0 Å². The second-order valence-corrected chi connectivity index (χ2v) is 9.45. The number of piperidine rings is 2. The molecule has 162 valence electrons. The van der Waals surface area contributed by atoms with Gasteiger partial charge in [-0.15, -0.1) is 0 Å². The number of amides is 1. The van der Waals surface area contributed by atoms with E-state index in [1.54, 1.807) is 6.92 Å². The monoisotopic (exact) mass is 400 g/mol. The van der Waals surface area contributed by atoms with E-state index in [1.807, 2.05) is 9.80 Å². The highest BCUT2D eigenvalue weighted by molar-refractivity contribution is 5.73. The van der Waals surface area contributed by atoms with Crippen LogP contribution < -0.4 is 0 Å². The fourth-order valence-corrected chi connectivity index (χ4v) is 5.13. The van der Waals surface area contributed by atoms with Crippen molar-refractivity contribution in [3.63, 3.8) is 0 Å². The number of carbonyl (C=O) groups is 1. The highest BCUT2D eigenvalue weighted by Gasteiger charge is 2.45. The Kier molecular flexibility index (Phi) is 7.32. The standard InChI is InChI=1S/C21H38F2N4O/c1-17(2)14-25-7-4-19(21(22,23)16-25)15-24-8-5-20(6-9-24)27-12-10-26(11-13-27)18(3)28/h17,19-20H,4-16H2,1-3H3. The van der Waals surface area contributed by atoms with Gasteiger partial charge >= 0.3 is 0 Å². The van der Waals surface area contributed by atoms with Crippen molar-refractivity contribution in [1.29, 1.82) is 0 Å². The maximum atomic E-state index is 14.7. The molecule has 0 aliphatic carbocycles. The quantitative estimate of drug-likeness (QED) is 0.708. The summed E-state index contributed by atoms with van der Waals surface area (Å²) in [7, 11) is 0. The molecule has 0 aromatic carbocycles. The Morgan fingerprint density at radius 3 is 2.11 bits per heavy atom. The zero-order valence-corrected chi connectivity index (χ0v) is 17.9. The summed E-state index contributed by atoms with van der Waals surface area (Å²) < 4.78 is 29.4. The largest absolute Gasteiger partial charge is 0.340 e. The summed E-state index contributed by atoms with van der Waals surface area (Å²) in [6.07, 6.45) is 2.71. The van der Waals surface area contributed by atoms with Gasteiger partial charge in [-0.1, -0.05) is 13.8 Å². The van der Waals surface area contributed by atoms with E-state index in [1.165, 1.54) is 0 Å². The first-order chi connectivity index (χ1) is 13.2. The first kappa shape index (κ1) is 21.9. The molecular formula is C21H38F2N4O. The summed E-state index contributed by atoms with van der Waals surface area (Å²) in [4.78, 5) is 20.1. The van der Waals surface area contributed by atoms with E-state index >= 15 is 0 Å². The number of hydrogen-bond donors (Lipinski definition) is 0. The lowest BCUT2D eigenvalue weighted by Gasteiger charge is -2.45. The molecule has 3 saturated heterocycles. The van der Waals surface area contributed by atoms with Crippen LogP contribution in [-0.2, 0) is 4.79 Å². The fourth-order valence-electron chi connectivity index (χ4n) is 5.13. The highest BCUT2D eigenvalue weighted by atomic mass is 19.3. The molecule has 1 amide bonds. The molecule has 0 spiro atoms. The fraction of sp³-hybridized carbons (Fsp3) is 0.952. The number of likely N-dealkylation sites (tertiary alicyclic amines) is 2. The molecule has 3 rings (SSSR count). The summed E-state index contributed by atoms with van der Waals surface area (Å²) in [6.45, 7) is 13.2. The molecule has 0 saturated carbocycles. The van der Waals surface area contributed by atoms with Crippen LogP contribution in [0.25, 0.3) is 0 Å². The lowest BCUT2D eigenvalue weighted by Crippen LogP contribution is -2.56. The number of halogens is 2. The van der Waals surface area contributed by atoms with E-state index in [0.29, 0.717) is 24.9 Å². The Bertz CT molecular complexity index is 515. The van der Waals surface area contributed by atoms with E-state index in [0.717, 1.165) is 65.2 Å². The maximum absolute atomic E-state index is 14.7. The van der Waals surface area contributed by atoms with Crippen molar-refractivity contribution in [1.82, 2.24) is 19.6 Å². The van der Waals surface area contributed by atoms with Crippen LogP contribution >= 0.6 is 0 Å². The predicted molar refractivity (Wildman–Crippen MR) is 108 cm³/mol. The normalized spacial score (nSPS) is 28.8. The minimum absolute atomic E-state index is 0.0766. The maximum Gasteiger partial charge on any atom is 0.264 e. The molecule has 3 fully saturated rings. The minimum Gasteiger partial charge on any atom is -0.340 e. The van der Waals surface area contributed by atoms with E-state index in [-0.39, 0.29) is 12.5 Å². The SMILES string of the molecule is CC(=O)N1CCN(C2CCN(CC3CCN(CC(C)C)CC3(F)F)CC2)CC1. The smallest absolute Gasteiger partial charge is 0.264 e. The van der Waals surface area contributed by atoms with Gasteiger partial charge < -0.3 is 9.80 Å². The topological polar surface area (TPSA) is 30.0 Å². The van der Waals surface area contributed by atoms with Gasteiger partial charge in [-0.25, -0.2) is 8.78 Å². The van der Waals surface area contributed by atoms with Gasteiger partial charge in [0, 0.05) is 58.2 Å². The third-order valence-electron chi connectivity index (χ3n) is 6.76. The molecule has 3 aliphatic heterocycles. The number of nitrogens with zero attached hydrogens (tertiary/aromatic N) is 4. The third kappa shape index (κ3) is 5.63. The van der Waals surface area contributed by atoms with Crippen LogP contribution in [0.4, 0.5) is 8.78 Å². The number of alkyl halides is 2. The van der Waals surface area contributed by atoms with Crippen LogP contribution in [0.15, 0.2) is 0 Å². The minimum atomic E-state index is -2.58. The molecule has 0 N–H and O–H groups in total. The Morgan fingerprint density at radius 2 is 1.57 bits per heavy atom. The van der Waals surface area contributed by atoms with Gasteiger partial charge in [0.1, 0.15) is 0 Å². The Balaban J connectivity index is 1.41. The predicted octanol–water partition coefficient (Wildman–Crippen LogP) is 2.23. The molecule has 3 aliphatic rings. The summed E-state index contributed by atoms with van der Waals surface area (Å²) in [5, 5.41) is 0. The van der Waals surface area contributed by atoms with Gasteiger partial charge in [-0.05, 0) is 44.8 Å². The lowest BCUT2D eigenvalue weighted by molar-refractivity contribution is -0.131. The van der Waals surface area contributed by atoms with E-state index in [2.05, 4.69) is 23.6 Å². The van der Waals surface area contributed by atoms with Gasteiger partial charge in [0.25, 0.3) is 5.92 Å². The second kappa shape index (κ2) is 9.35. The summed E-state index contributed by atoms with van der Waals surface area (Å²) in [5.41, 5.74) is 0.